The van der Waals surface area contributed by atoms with Crippen LogP contribution in [0.15, 0.2) is 28.9 Å². The summed E-state index contributed by atoms with van der Waals surface area (Å²) < 4.78 is 6.36. The predicted octanol–water partition coefficient (Wildman–Crippen LogP) is 3.79. The van der Waals surface area contributed by atoms with E-state index in [4.69, 9.17) is 4.74 Å². The van der Waals surface area contributed by atoms with Gasteiger partial charge in [0.2, 0.25) is 0 Å². The molecule has 0 radical (unpaired) electrons. The first-order valence-electron chi connectivity index (χ1n) is 6.49. The highest BCUT2D eigenvalue weighted by atomic mass is 79.9. The van der Waals surface area contributed by atoms with Gasteiger partial charge in [0, 0.05) is 10.0 Å². The van der Waals surface area contributed by atoms with Gasteiger partial charge in [0.25, 0.3) is 0 Å². The van der Waals surface area contributed by atoms with Gasteiger partial charge in [-0.2, -0.15) is 5.26 Å². The Balaban J connectivity index is 2.03. The zero-order valence-corrected chi connectivity index (χ0v) is 12.7. The number of hydrogen-bond donors (Lipinski definition) is 1. The van der Waals surface area contributed by atoms with Crippen LogP contribution in [-0.2, 0) is 5.41 Å². The number of halogens is 1. The molecule has 1 N–H and O–H groups in total. The van der Waals surface area contributed by atoms with Crippen LogP contribution in [0.2, 0.25) is 0 Å². The Labute approximate surface area is 125 Å². The summed E-state index contributed by atoms with van der Waals surface area (Å²) in [7, 11) is 1.65. The van der Waals surface area contributed by atoms with Gasteiger partial charge in [0.15, 0.2) is 0 Å². The van der Waals surface area contributed by atoms with Crippen molar-refractivity contribution in [2.75, 3.05) is 7.11 Å². The molecule has 1 saturated carbocycles. The van der Waals surface area contributed by atoms with Crippen LogP contribution < -0.4 is 4.74 Å². The topological polar surface area (TPSA) is 61.7 Å². The standard InChI is InChI=1S/C15H14BrN3O/c1-20-13-4-3-10(16)7-11(13)12-8-18-14(19-12)15(9-17)5-2-6-15/h3-4,7-8H,2,5-6H2,1H3,(H,18,19). The zero-order valence-electron chi connectivity index (χ0n) is 11.1. The number of imidazole rings is 1. The van der Waals surface area contributed by atoms with E-state index >= 15 is 0 Å². The first-order chi connectivity index (χ1) is 9.68. The molecule has 102 valence electrons. The monoisotopic (exact) mass is 331 g/mol. The number of ether oxygens (including phenoxy) is 1. The summed E-state index contributed by atoms with van der Waals surface area (Å²) in [5.41, 5.74) is 1.39. The van der Waals surface area contributed by atoms with E-state index in [-0.39, 0.29) is 0 Å². The van der Waals surface area contributed by atoms with Gasteiger partial charge in [-0.15, -0.1) is 0 Å². The summed E-state index contributed by atoms with van der Waals surface area (Å²) in [4.78, 5) is 7.70. The maximum absolute atomic E-state index is 9.37. The van der Waals surface area contributed by atoms with E-state index in [9.17, 15) is 5.26 Å². The quantitative estimate of drug-likeness (QED) is 0.930. The van der Waals surface area contributed by atoms with E-state index in [1.807, 2.05) is 18.2 Å². The lowest BCUT2D eigenvalue weighted by Gasteiger charge is -2.32. The highest BCUT2D eigenvalue weighted by Gasteiger charge is 2.41. The van der Waals surface area contributed by atoms with Crippen molar-refractivity contribution < 1.29 is 4.74 Å². The van der Waals surface area contributed by atoms with Crippen molar-refractivity contribution in [3.8, 4) is 23.1 Å². The summed E-state index contributed by atoms with van der Waals surface area (Å²) in [5, 5.41) is 9.37. The van der Waals surface area contributed by atoms with Gasteiger partial charge in [0.05, 0.1) is 25.1 Å². The highest BCUT2D eigenvalue weighted by molar-refractivity contribution is 9.10. The maximum atomic E-state index is 9.37. The molecule has 0 bridgehead atoms. The molecule has 5 heteroatoms. The number of H-pyrrole nitrogens is 1. The number of benzene rings is 1. The zero-order chi connectivity index (χ0) is 14.2. The molecule has 0 atom stereocenters. The third-order valence-corrected chi connectivity index (χ3v) is 4.40. The number of nitrogens with one attached hydrogen (secondary N) is 1. The van der Waals surface area contributed by atoms with Crippen molar-refractivity contribution >= 4 is 15.9 Å². The third-order valence-electron chi connectivity index (χ3n) is 3.90. The molecule has 1 heterocycles. The Bertz CT molecular complexity index is 683. The van der Waals surface area contributed by atoms with E-state index < -0.39 is 5.41 Å². The van der Waals surface area contributed by atoms with Gasteiger partial charge >= 0.3 is 0 Å². The van der Waals surface area contributed by atoms with E-state index in [0.717, 1.165) is 46.6 Å². The molecule has 1 aliphatic rings. The molecule has 0 unspecified atom stereocenters. The lowest BCUT2D eigenvalue weighted by Crippen LogP contribution is -2.33. The van der Waals surface area contributed by atoms with Crippen molar-refractivity contribution in [1.29, 1.82) is 5.26 Å². The molecule has 1 aromatic carbocycles. The SMILES string of the molecule is COc1ccc(Br)cc1-c1cnc(C2(C#N)CCC2)[nH]1. The van der Waals surface area contributed by atoms with Crippen LogP contribution in [0.25, 0.3) is 11.3 Å². The molecular formula is C15H14BrN3O. The molecule has 1 aromatic heterocycles. The fourth-order valence-corrected chi connectivity index (χ4v) is 2.88. The number of hydrogen-bond acceptors (Lipinski definition) is 3. The Morgan fingerprint density at radius 2 is 2.25 bits per heavy atom. The highest BCUT2D eigenvalue weighted by Crippen LogP contribution is 2.42. The average molecular weight is 332 g/mol. The molecule has 1 fully saturated rings. The summed E-state index contributed by atoms with van der Waals surface area (Å²) in [6, 6.07) is 8.22. The molecule has 0 amide bonds. The number of methoxy groups -OCH3 is 1. The van der Waals surface area contributed by atoms with Crippen LogP contribution in [0, 0.1) is 11.3 Å². The molecule has 1 aliphatic carbocycles. The lowest BCUT2D eigenvalue weighted by atomic mass is 9.69. The Morgan fingerprint density at radius 3 is 2.85 bits per heavy atom. The second-order valence-corrected chi connectivity index (χ2v) is 5.95. The van der Waals surface area contributed by atoms with Gasteiger partial charge in [0.1, 0.15) is 17.0 Å². The van der Waals surface area contributed by atoms with Crippen molar-refractivity contribution in [2.45, 2.75) is 24.7 Å². The fraction of sp³-hybridized carbons (Fsp3) is 0.333. The van der Waals surface area contributed by atoms with E-state index in [2.05, 4.69) is 32.0 Å². The third kappa shape index (κ3) is 2.01. The van der Waals surface area contributed by atoms with Crippen LogP contribution in [0.5, 0.6) is 5.75 Å². The molecule has 20 heavy (non-hydrogen) atoms. The average Bonchev–Trinajstić information content (AvgIpc) is 2.88. The smallest absolute Gasteiger partial charge is 0.128 e. The molecule has 2 aromatic rings. The first kappa shape index (κ1) is 13.2. The van der Waals surface area contributed by atoms with E-state index in [0.29, 0.717) is 0 Å². The Hall–Kier alpha value is -1.80. The first-order valence-corrected chi connectivity index (χ1v) is 7.28. The van der Waals surface area contributed by atoms with E-state index in [1.54, 1.807) is 13.3 Å². The van der Waals surface area contributed by atoms with Gasteiger partial charge in [-0.1, -0.05) is 15.9 Å². The van der Waals surface area contributed by atoms with Gasteiger partial charge in [-0.05, 0) is 37.5 Å². The van der Waals surface area contributed by atoms with Crippen LogP contribution in [0.1, 0.15) is 25.1 Å². The minimum Gasteiger partial charge on any atom is -0.496 e. The summed E-state index contributed by atoms with van der Waals surface area (Å²) in [6.45, 7) is 0. The Morgan fingerprint density at radius 1 is 1.45 bits per heavy atom. The molecular weight excluding hydrogens is 318 g/mol. The molecule has 0 spiro atoms. The largest absolute Gasteiger partial charge is 0.496 e. The number of nitriles is 1. The summed E-state index contributed by atoms with van der Waals surface area (Å²) in [5.74, 6) is 1.55. The second kappa shape index (κ2) is 4.95. The fourth-order valence-electron chi connectivity index (χ4n) is 2.52. The van der Waals surface area contributed by atoms with Crippen molar-refractivity contribution in [3.63, 3.8) is 0 Å². The minimum absolute atomic E-state index is 0.419. The predicted molar refractivity (Wildman–Crippen MR) is 79.4 cm³/mol. The van der Waals surface area contributed by atoms with Crippen LogP contribution in [0.3, 0.4) is 0 Å². The van der Waals surface area contributed by atoms with Gasteiger partial charge in [-0.25, -0.2) is 4.98 Å². The van der Waals surface area contributed by atoms with Gasteiger partial charge < -0.3 is 9.72 Å². The normalized spacial score (nSPS) is 16.2. The molecule has 0 aliphatic heterocycles. The molecule has 4 nitrogen and oxygen atoms in total. The summed E-state index contributed by atoms with van der Waals surface area (Å²) >= 11 is 3.47. The second-order valence-electron chi connectivity index (χ2n) is 5.04. The Kier molecular flexibility index (Phi) is 3.27. The van der Waals surface area contributed by atoms with Crippen molar-refractivity contribution in [2.24, 2.45) is 0 Å². The number of rotatable bonds is 3. The van der Waals surface area contributed by atoms with Crippen molar-refractivity contribution in [1.82, 2.24) is 9.97 Å². The lowest BCUT2D eigenvalue weighted by molar-refractivity contribution is 0.309. The van der Waals surface area contributed by atoms with Crippen LogP contribution in [-0.4, -0.2) is 17.1 Å². The number of aromatic amines is 1. The number of nitrogens with zero attached hydrogens (tertiary/aromatic N) is 2. The van der Waals surface area contributed by atoms with Crippen LogP contribution >= 0.6 is 15.9 Å². The molecule has 3 rings (SSSR count). The van der Waals surface area contributed by atoms with Gasteiger partial charge in [-0.3, -0.25) is 0 Å². The number of aromatic nitrogens is 2. The summed E-state index contributed by atoms with van der Waals surface area (Å²) in [6.07, 6.45) is 4.62. The maximum Gasteiger partial charge on any atom is 0.128 e. The van der Waals surface area contributed by atoms with E-state index in [1.165, 1.54) is 0 Å². The van der Waals surface area contributed by atoms with Crippen molar-refractivity contribution in [3.05, 3.63) is 34.7 Å². The minimum atomic E-state index is -0.419. The molecule has 0 saturated heterocycles. The van der Waals surface area contributed by atoms with Crippen LogP contribution in [0.4, 0.5) is 0 Å².